The maximum Gasteiger partial charge on any atom is 0.160 e. The van der Waals surface area contributed by atoms with Crippen molar-refractivity contribution in [3.8, 4) is 33.4 Å². The van der Waals surface area contributed by atoms with Crippen molar-refractivity contribution >= 4 is 29.0 Å². The van der Waals surface area contributed by atoms with Crippen molar-refractivity contribution in [1.82, 2.24) is 5.32 Å². The summed E-state index contributed by atoms with van der Waals surface area (Å²) in [6.45, 7) is 9.37. The van der Waals surface area contributed by atoms with Gasteiger partial charge >= 0.3 is 0 Å². The predicted molar refractivity (Wildman–Crippen MR) is 297 cm³/mol. The van der Waals surface area contributed by atoms with Gasteiger partial charge in [-0.2, -0.15) is 0 Å². The first kappa shape index (κ1) is 41.5. The van der Waals surface area contributed by atoms with Crippen molar-refractivity contribution in [2.75, 3.05) is 0 Å². The minimum Gasteiger partial charge on any atom is -0.344 e. The highest BCUT2D eigenvalue weighted by atomic mass is 32.2. The number of nitrogens with one attached hydrogen (secondary N) is 1. The Hall–Kier alpha value is -8.31. The van der Waals surface area contributed by atoms with E-state index in [1.807, 2.05) is 0 Å². The molecule has 72 heavy (non-hydrogen) atoms. The van der Waals surface area contributed by atoms with Gasteiger partial charge in [-0.25, -0.2) is 9.98 Å². The van der Waals surface area contributed by atoms with Gasteiger partial charge in [0.05, 0.1) is 10.8 Å². The number of allylic oxidation sites excluding steroid dienone is 4. The summed E-state index contributed by atoms with van der Waals surface area (Å²) in [7, 11) is 0. The molecule has 4 heteroatoms. The van der Waals surface area contributed by atoms with E-state index in [-0.39, 0.29) is 11.6 Å². The third-order valence-electron chi connectivity index (χ3n) is 16.7. The lowest BCUT2D eigenvalue weighted by Crippen LogP contribution is -2.44. The molecule has 15 rings (SSSR count). The molecule has 6 aliphatic rings. The van der Waals surface area contributed by atoms with Crippen LogP contribution in [0.3, 0.4) is 0 Å². The zero-order chi connectivity index (χ0) is 47.9. The van der Waals surface area contributed by atoms with Crippen molar-refractivity contribution in [2.24, 2.45) is 9.98 Å². The van der Waals surface area contributed by atoms with Gasteiger partial charge in [-0.3, -0.25) is 0 Å². The van der Waals surface area contributed by atoms with Crippen LogP contribution in [0.15, 0.2) is 245 Å². The summed E-state index contributed by atoms with van der Waals surface area (Å²) >= 11 is 1.80. The normalized spacial score (nSPS) is 18.8. The van der Waals surface area contributed by atoms with Crippen molar-refractivity contribution in [3.63, 3.8) is 0 Å². The van der Waals surface area contributed by atoms with Crippen molar-refractivity contribution in [3.05, 3.63) is 308 Å². The van der Waals surface area contributed by atoms with Gasteiger partial charge in [-0.1, -0.05) is 245 Å². The van der Waals surface area contributed by atoms with Gasteiger partial charge in [0.25, 0.3) is 0 Å². The van der Waals surface area contributed by atoms with E-state index >= 15 is 0 Å². The maximum absolute atomic E-state index is 5.64. The minimum absolute atomic E-state index is 0.162. The molecule has 9 aromatic rings. The van der Waals surface area contributed by atoms with Crippen molar-refractivity contribution in [1.29, 1.82) is 0 Å². The third-order valence-corrected chi connectivity index (χ3v) is 17.6. The van der Waals surface area contributed by atoms with Gasteiger partial charge in [0.2, 0.25) is 0 Å². The molecule has 0 saturated heterocycles. The van der Waals surface area contributed by atoms with Crippen molar-refractivity contribution in [2.45, 2.75) is 41.2 Å². The van der Waals surface area contributed by atoms with Crippen LogP contribution in [-0.2, 0) is 16.2 Å². The molecule has 340 valence electrons. The number of amidine groups is 2. The van der Waals surface area contributed by atoms with Gasteiger partial charge < -0.3 is 5.32 Å². The molecule has 1 N–H and O–H groups in total. The smallest absolute Gasteiger partial charge is 0.160 e. The van der Waals surface area contributed by atoms with Gasteiger partial charge in [-0.05, 0) is 117 Å². The van der Waals surface area contributed by atoms with Gasteiger partial charge in [0.1, 0.15) is 12.0 Å². The zero-order valence-corrected chi connectivity index (χ0v) is 40.8. The lowest BCUT2D eigenvalue weighted by molar-refractivity contribution is 0.626. The number of aliphatic imine (C=N–C) groups is 2. The molecule has 0 aromatic heterocycles. The van der Waals surface area contributed by atoms with E-state index < -0.39 is 10.8 Å². The Labute approximate surface area is 424 Å². The van der Waals surface area contributed by atoms with Gasteiger partial charge in [-0.15, -0.1) is 0 Å². The van der Waals surface area contributed by atoms with E-state index in [2.05, 4.69) is 243 Å². The third kappa shape index (κ3) is 5.32. The fourth-order valence-electron chi connectivity index (χ4n) is 13.7. The Bertz CT molecular complexity index is 3900. The van der Waals surface area contributed by atoms with Crippen LogP contribution in [0.1, 0.15) is 97.9 Å². The summed E-state index contributed by atoms with van der Waals surface area (Å²) in [5.74, 6) is 1.52. The van der Waals surface area contributed by atoms with E-state index in [1.165, 1.54) is 88.3 Å². The Morgan fingerprint density at radius 3 is 1.68 bits per heavy atom. The van der Waals surface area contributed by atoms with E-state index in [0.717, 1.165) is 39.2 Å². The average Bonchev–Trinajstić information content (AvgIpc) is 3.99. The fraction of sp³-hybridized carbons (Fsp3) is 0.0882. The zero-order valence-electron chi connectivity index (χ0n) is 39.9. The second kappa shape index (κ2) is 15.1. The standard InChI is InChI=1S/C68H47N3S/c1-41-20-17-18-39-72-62-44(41)37-38-49-60-50(65-70-63(42-21-5-4-6-22-42)69-64(71-65)43-35-36-48-45-23-7-10-27-51(45)66(2,3)59(48)40-43)26-19-34-58(60)68(61(49)62)56-32-15-13-30-54(56)67(55-31-14-16-33-57(55)68)52-28-11-8-24-46(52)47-25-9-12-29-53(47)67/h4-40,63H,1H2,2-3H3,(H,69,70,71)/b20-17-,39-18-. The summed E-state index contributed by atoms with van der Waals surface area (Å²) in [6, 6.07) is 74.8. The monoisotopic (exact) mass is 937 g/mol. The maximum atomic E-state index is 5.64. The van der Waals surface area contributed by atoms with Crippen LogP contribution in [0.25, 0.3) is 39.0 Å². The Kier molecular flexibility index (Phi) is 8.70. The summed E-state index contributed by atoms with van der Waals surface area (Å²) in [5.41, 5.74) is 24.3. The first-order valence-corrected chi connectivity index (χ1v) is 25.9. The number of thioether (sulfide) groups is 1. The molecule has 0 amide bonds. The molecular weight excluding hydrogens is 891 g/mol. The van der Waals surface area contributed by atoms with E-state index in [4.69, 9.17) is 16.6 Å². The summed E-state index contributed by atoms with van der Waals surface area (Å²) < 4.78 is 0. The van der Waals surface area contributed by atoms with Crippen LogP contribution in [-0.4, -0.2) is 11.7 Å². The van der Waals surface area contributed by atoms with Gasteiger partial charge in [0, 0.05) is 21.4 Å². The predicted octanol–water partition coefficient (Wildman–Crippen LogP) is 15.7. The highest BCUT2D eigenvalue weighted by Gasteiger charge is 2.60. The van der Waals surface area contributed by atoms with Crippen LogP contribution in [0.2, 0.25) is 0 Å². The van der Waals surface area contributed by atoms with Gasteiger partial charge in [0.15, 0.2) is 5.84 Å². The van der Waals surface area contributed by atoms with E-state index in [9.17, 15) is 0 Å². The van der Waals surface area contributed by atoms with Crippen LogP contribution >= 0.6 is 11.8 Å². The SMILES string of the molecule is C=C1/C=C\C=C/Sc2c1ccc1c2C2(c3ccccc3C3(c4ccccc4-c4ccccc43)c3ccccc32)c2cccc(C3=NC(c4ccccc4)NC(c4ccc5c(c4)C(C)(C)c4ccccc4-5)=N3)c2-1. The van der Waals surface area contributed by atoms with Crippen molar-refractivity contribution < 1.29 is 0 Å². The molecular formula is C68H47N3S. The Morgan fingerprint density at radius 2 is 1.00 bits per heavy atom. The molecule has 9 aromatic carbocycles. The molecule has 0 radical (unpaired) electrons. The number of fused-ring (bicyclic) bond motifs is 21. The average molecular weight is 938 g/mol. The molecule has 0 saturated carbocycles. The Morgan fingerprint density at radius 1 is 0.472 bits per heavy atom. The molecule has 4 aliphatic carbocycles. The molecule has 3 nitrogen and oxygen atoms in total. The largest absolute Gasteiger partial charge is 0.344 e. The summed E-state index contributed by atoms with van der Waals surface area (Å²) in [6.07, 6.45) is 6.02. The highest BCUT2D eigenvalue weighted by molar-refractivity contribution is 8.02. The molecule has 2 aliphatic heterocycles. The molecule has 0 fully saturated rings. The summed E-state index contributed by atoms with van der Waals surface area (Å²) in [5, 5.41) is 6.07. The molecule has 0 bridgehead atoms. The van der Waals surface area contributed by atoms with E-state index in [0.29, 0.717) is 5.84 Å². The fourth-order valence-corrected chi connectivity index (χ4v) is 14.8. The topological polar surface area (TPSA) is 36.8 Å². The Balaban J connectivity index is 1.03. The van der Waals surface area contributed by atoms with Crippen LogP contribution in [0.5, 0.6) is 0 Å². The quantitative estimate of drug-likeness (QED) is 0.192. The number of hydrogen-bond donors (Lipinski definition) is 1. The first-order chi connectivity index (χ1) is 35.4. The van der Waals surface area contributed by atoms with Crippen LogP contribution in [0, 0.1) is 0 Å². The first-order valence-electron chi connectivity index (χ1n) is 25.0. The molecule has 1 unspecified atom stereocenters. The number of benzene rings is 9. The number of hydrogen-bond acceptors (Lipinski definition) is 4. The van der Waals surface area contributed by atoms with Crippen LogP contribution < -0.4 is 5.32 Å². The summed E-state index contributed by atoms with van der Waals surface area (Å²) in [4.78, 5) is 12.5. The number of nitrogens with zero attached hydrogens (tertiary/aromatic N) is 2. The molecule has 1 atom stereocenters. The lowest BCUT2D eigenvalue weighted by atomic mass is 9.52. The highest BCUT2D eigenvalue weighted by Crippen LogP contribution is 2.69. The lowest BCUT2D eigenvalue weighted by Gasteiger charge is -2.49. The molecule has 2 spiro atoms. The number of rotatable bonds is 3. The second-order valence-electron chi connectivity index (χ2n) is 20.4. The second-order valence-corrected chi connectivity index (χ2v) is 21.3. The molecule has 2 heterocycles. The van der Waals surface area contributed by atoms with E-state index in [1.54, 1.807) is 11.8 Å². The minimum atomic E-state index is -0.736. The van der Waals surface area contributed by atoms with Crippen LogP contribution in [0.4, 0.5) is 0 Å².